The van der Waals surface area contributed by atoms with E-state index >= 15 is 0 Å². The van der Waals surface area contributed by atoms with E-state index in [1.165, 1.54) is 0 Å². The molecule has 6 rings (SSSR count). The predicted octanol–water partition coefficient (Wildman–Crippen LogP) is 7.26. The van der Waals surface area contributed by atoms with Gasteiger partial charge in [-0.3, -0.25) is 0 Å². The van der Waals surface area contributed by atoms with Crippen molar-refractivity contribution in [2.75, 3.05) is 28.4 Å². The fraction of sp³-hybridized carbons (Fsp3) is 0.222. The zero-order valence-electron chi connectivity index (χ0n) is 25.7. The van der Waals surface area contributed by atoms with E-state index in [0.29, 0.717) is 49.2 Å². The van der Waals surface area contributed by atoms with Crippen LogP contribution < -0.4 is 18.9 Å². The van der Waals surface area contributed by atoms with E-state index in [1.807, 2.05) is 60.9 Å². The molecule has 2 aliphatic heterocycles. The van der Waals surface area contributed by atoms with Crippen LogP contribution in [0.5, 0.6) is 34.5 Å². The summed E-state index contributed by atoms with van der Waals surface area (Å²) in [5, 5.41) is 21.4. The molecule has 0 saturated carbocycles. The van der Waals surface area contributed by atoms with Crippen molar-refractivity contribution in [3.05, 3.63) is 106 Å². The Morgan fingerprint density at radius 3 is 1.38 bits per heavy atom. The van der Waals surface area contributed by atoms with Crippen molar-refractivity contribution in [2.45, 2.75) is 36.0 Å². The molecule has 232 valence electrons. The number of rotatable bonds is 10. The Hall–Kier alpha value is -4.89. The van der Waals surface area contributed by atoms with Crippen molar-refractivity contribution in [3.63, 3.8) is 0 Å². The van der Waals surface area contributed by atoms with Crippen molar-refractivity contribution in [3.8, 4) is 34.5 Å². The molecule has 0 radical (unpaired) electrons. The van der Waals surface area contributed by atoms with Crippen LogP contribution in [0, 0.1) is 0 Å². The van der Waals surface area contributed by atoms with Gasteiger partial charge in [0.2, 0.25) is 0 Å². The standard InChI is InChI=1S/C36H36N2O6S/c1-41-33-15-23-9-11-37(19-25(23)17-35(33)43-3)21-27-13-29(5-7-31(27)39)45-30-6-8-32(40)28(14-30)22-38-12-10-24-16-34(42-2)36(44-4)18-26(24)20-38/h5-18,39-40H,19-22H2,1-4H3. The summed E-state index contributed by atoms with van der Waals surface area (Å²) in [6, 6.07) is 19.3. The summed E-state index contributed by atoms with van der Waals surface area (Å²) in [5.74, 6) is 3.31. The molecule has 0 aliphatic carbocycles. The third kappa shape index (κ3) is 6.49. The molecule has 0 saturated heterocycles. The molecule has 9 heteroatoms. The predicted molar refractivity (Wildman–Crippen MR) is 176 cm³/mol. The smallest absolute Gasteiger partial charge is 0.161 e. The van der Waals surface area contributed by atoms with Gasteiger partial charge in [-0.25, -0.2) is 0 Å². The van der Waals surface area contributed by atoms with Gasteiger partial charge in [0.1, 0.15) is 11.5 Å². The second kappa shape index (κ2) is 13.0. The lowest BCUT2D eigenvalue weighted by Crippen LogP contribution is -2.20. The van der Waals surface area contributed by atoms with E-state index < -0.39 is 0 Å². The lowest BCUT2D eigenvalue weighted by Gasteiger charge is -2.27. The zero-order valence-corrected chi connectivity index (χ0v) is 26.6. The molecule has 4 aromatic rings. The van der Waals surface area contributed by atoms with Crippen LogP contribution in [0.2, 0.25) is 0 Å². The molecule has 0 unspecified atom stereocenters. The highest BCUT2D eigenvalue weighted by atomic mass is 32.2. The summed E-state index contributed by atoms with van der Waals surface area (Å²) in [6.45, 7) is 2.45. The van der Waals surface area contributed by atoms with Crippen LogP contribution in [-0.2, 0) is 26.2 Å². The summed E-state index contributed by atoms with van der Waals surface area (Å²) in [4.78, 5) is 6.32. The molecule has 2 N–H and O–H groups in total. The van der Waals surface area contributed by atoms with E-state index in [4.69, 9.17) is 18.9 Å². The van der Waals surface area contributed by atoms with Crippen LogP contribution >= 0.6 is 11.8 Å². The second-order valence-electron chi connectivity index (χ2n) is 10.9. The molecule has 0 amide bonds. The minimum absolute atomic E-state index is 0.253. The quantitative estimate of drug-likeness (QED) is 0.189. The largest absolute Gasteiger partial charge is 0.508 e. The highest BCUT2D eigenvalue weighted by molar-refractivity contribution is 7.99. The summed E-state index contributed by atoms with van der Waals surface area (Å²) < 4.78 is 21.9. The number of hydrogen-bond acceptors (Lipinski definition) is 9. The third-order valence-electron chi connectivity index (χ3n) is 8.05. The molecule has 0 atom stereocenters. The maximum atomic E-state index is 10.7. The van der Waals surface area contributed by atoms with Crippen LogP contribution in [-0.4, -0.2) is 48.5 Å². The summed E-state index contributed by atoms with van der Waals surface area (Å²) in [7, 11) is 6.55. The summed E-state index contributed by atoms with van der Waals surface area (Å²) in [5.41, 5.74) is 6.09. The maximum Gasteiger partial charge on any atom is 0.161 e. The minimum atomic E-state index is 0.253. The van der Waals surface area contributed by atoms with Crippen molar-refractivity contribution in [1.82, 2.24) is 9.80 Å². The molecule has 45 heavy (non-hydrogen) atoms. The van der Waals surface area contributed by atoms with Crippen LogP contribution in [0.4, 0.5) is 0 Å². The van der Waals surface area contributed by atoms with E-state index in [1.54, 1.807) is 52.3 Å². The van der Waals surface area contributed by atoms with Gasteiger partial charge in [0.25, 0.3) is 0 Å². The molecular formula is C36H36N2O6S. The van der Waals surface area contributed by atoms with Gasteiger partial charge in [-0.15, -0.1) is 0 Å². The number of phenols is 2. The number of nitrogens with zero attached hydrogens (tertiary/aromatic N) is 2. The lowest BCUT2D eigenvalue weighted by atomic mass is 10.0. The fourth-order valence-electron chi connectivity index (χ4n) is 5.67. The van der Waals surface area contributed by atoms with Gasteiger partial charge in [0.05, 0.1) is 28.4 Å². The van der Waals surface area contributed by atoms with Crippen molar-refractivity contribution in [2.24, 2.45) is 0 Å². The Balaban J connectivity index is 1.15. The van der Waals surface area contributed by atoms with Crippen molar-refractivity contribution in [1.29, 1.82) is 0 Å². The Labute approximate surface area is 267 Å². The van der Waals surface area contributed by atoms with Crippen molar-refractivity contribution < 1.29 is 29.2 Å². The number of benzene rings is 4. The van der Waals surface area contributed by atoms with Gasteiger partial charge in [0.15, 0.2) is 23.0 Å². The normalized spacial score (nSPS) is 13.3. The van der Waals surface area contributed by atoms with Gasteiger partial charge in [-0.2, -0.15) is 0 Å². The van der Waals surface area contributed by atoms with Crippen LogP contribution in [0.3, 0.4) is 0 Å². The van der Waals surface area contributed by atoms with Gasteiger partial charge in [-0.1, -0.05) is 11.8 Å². The van der Waals surface area contributed by atoms with Crippen LogP contribution in [0.15, 0.2) is 82.9 Å². The van der Waals surface area contributed by atoms with Crippen LogP contribution in [0.25, 0.3) is 12.2 Å². The first kappa shape index (κ1) is 30.1. The average Bonchev–Trinajstić information content (AvgIpc) is 3.06. The van der Waals surface area contributed by atoms with Gasteiger partial charge >= 0.3 is 0 Å². The topological polar surface area (TPSA) is 83.9 Å². The van der Waals surface area contributed by atoms with Gasteiger partial charge in [-0.05, 0) is 95.1 Å². The molecular weight excluding hydrogens is 588 g/mol. The minimum Gasteiger partial charge on any atom is -0.508 e. The number of aromatic hydroxyl groups is 2. The number of ether oxygens (including phenoxy) is 4. The van der Waals surface area contributed by atoms with E-state index in [0.717, 1.165) is 43.2 Å². The van der Waals surface area contributed by atoms with E-state index in [-0.39, 0.29) is 11.5 Å². The fourth-order valence-corrected chi connectivity index (χ4v) is 6.61. The first-order valence-electron chi connectivity index (χ1n) is 14.5. The third-order valence-corrected chi connectivity index (χ3v) is 9.03. The first-order valence-corrected chi connectivity index (χ1v) is 15.3. The first-order chi connectivity index (χ1) is 21.9. The highest BCUT2D eigenvalue weighted by Crippen LogP contribution is 2.38. The average molecular weight is 625 g/mol. The SMILES string of the molecule is COc1cc2c(cc1OC)CN(Cc1cc(Sc3ccc(O)c(CN4C=Cc5cc(OC)c(OC)cc5C4)c3)ccc1O)C=C2. The zero-order chi connectivity index (χ0) is 31.5. The molecule has 0 aromatic heterocycles. The van der Waals surface area contributed by atoms with Crippen molar-refractivity contribution >= 4 is 23.9 Å². The molecule has 0 spiro atoms. The summed E-state index contributed by atoms with van der Waals surface area (Å²) in [6.07, 6.45) is 8.19. The molecule has 0 fully saturated rings. The molecule has 0 bridgehead atoms. The monoisotopic (exact) mass is 624 g/mol. The van der Waals surface area contributed by atoms with E-state index in [2.05, 4.69) is 22.0 Å². The number of phenolic OH excluding ortho intramolecular Hbond substituents is 2. The Morgan fingerprint density at radius 1 is 0.578 bits per heavy atom. The molecule has 8 nitrogen and oxygen atoms in total. The lowest BCUT2D eigenvalue weighted by molar-refractivity contribution is 0.340. The summed E-state index contributed by atoms with van der Waals surface area (Å²) >= 11 is 1.60. The maximum absolute atomic E-state index is 10.7. The Morgan fingerprint density at radius 2 is 0.978 bits per heavy atom. The van der Waals surface area contributed by atoms with Crippen LogP contribution in [0.1, 0.15) is 33.4 Å². The van der Waals surface area contributed by atoms with Gasteiger partial charge in [0, 0.05) is 59.5 Å². The molecule has 4 aromatic carbocycles. The second-order valence-corrected chi connectivity index (χ2v) is 12.1. The Kier molecular flexibility index (Phi) is 8.71. The van der Waals surface area contributed by atoms with Gasteiger partial charge < -0.3 is 39.0 Å². The molecule has 2 aliphatic rings. The number of fused-ring (bicyclic) bond motifs is 2. The van der Waals surface area contributed by atoms with E-state index in [9.17, 15) is 10.2 Å². The number of hydrogen-bond donors (Lipinski definition) is 2. The molecule has 2 heterocycles. The Bertz CT molecular complexity index is 1660. The number of methoxy groups -OCH3 is 4. The highest BCUT2D eigenvalue weighted by Gasteiger charge is 2.19.